The van der Waals surface area contributed by atoms with Gasteiger partial charge in [-0.15, -0.1) is 18.3 Å². The number of amidine groups is 1. The number of benzene rings is 3. The van der Waals surface area contributed by atoms with Crippen LogP contribution in [-0.2, 0) is 4.79 Å². The molecule has 0 saturated carbocycles. The number of methoxy groups -OCH3 is 1. The Kier molecular flexibility index (Phi) is 9.36. The van der Waals surface area contributed by atoms with E-state index in [1.54, 1.807) is 12.1 Å². The van der Waals surface area contributed by atoms with Crippen molar-refractivity contribution in [3.63, 3.8) is 0 Å². The quantitative estimate of drug-likeness (QED) is 0.135. The number of carbonyl (C=O) groups is 2. The van der Waals surface area contributed by atoms with Crippen LogP contribution in [-0.4, -0.2) is 57.3 Å². The van der Waals surface area contributed by atoms with E-state index < -0.39 is 18.2 Å². The van der Waals surface area contributed by atoms with Crippen molar-refractivity contribution in [3.05, 3.63) is 83.9 Å². The Morgan fingerprint density at radius 3 is 2.50 bits per heavy atom. The third-order valence-electron chi connectivity index (χ3n) is 6.51. The van der Waals surface area contributed by atoms with Crippen LogP contribution in [0.5, 0.6) is 11.5 Å². The Hall–Kier alpha value is -5.25. The fourth-order valence-corrected chi connectivity index (χ4v) is 5.23. The number of rotatable bonds is 8. The highest BCUT2D eigenvalue weighted by Gasteiger charge is 2.33. The molecule has 0 spiro atoms. The van der Waals surface area contributed by atoms with Crippen LogP contribution < -0.4 is 19.8 Å². The topological polar surface area (TPSA) is 123 Å². The number of hydrazone groups is 1. The number of urea groups is 1. The number of thioether (sulfide) groups is 1. The summed E-state index contributed by atoms with van der Waals surface area (Å²) in [4.78, 5) is 34.9. The highest BCUT2D eigenvalue weighted by molar-refractivity contribution is 8.15. The third kappa shape index (κ3) is 7.51. The molecule has 3 amide bonds. The Labute approximate surface area is 263 Å². The number of aliphatic imine (C=N–C) groups is 1. The molecule has 1 saturated heterocycles. The van der Waals surface area contributed by atoms with Crippen molar-refractivity contribution in [3.8, 4) is 28.6 Å². The van der Waals surface area contributed by atoms with Crippen LogP contribution in [0.2, 0.25) is 0 Å². The maximum Gasteiger partial charge on any atom is 0.573 e. The maximum absolute atomic E-state index is 14.9. The van der Waals surface area contributed by atoms with Crippen LogP contribution in [0.1, 0.15) is 30.9 Å². The van der Waals surface area contributed by atoms with Gasteiger partial charge in [0.1, 0.15) is 23.6 Å². The lowest BCUT2D eigenvalue weighted by Gasteiger charge is -2.22. The number of aromatic nitrogens is 3. The van der Waals surface area contributed by atoms with Crippen LogP contribution >= 0.6 is 11.8 Å². The summed E-state index contributed by atoms with van der Waals surface area (Å²) in [6.45, 7) is 3.96. The Morgan fingerprint density at radius 1 is 1.09 bits per heavy atom. The summed E-state index contributed by atoms with van der Waals surface area (Å²) in [5.41, 5.74) is 4.42. The maximum atomic E-state index is 14.9. The van der Waals surface area contributed by atoms with Crippen molar-refractivity contribution >= 4 is 40.8 Å². The molecule has 1 aliphatic heterocycles. The molecule has 1 aromatic heterocycles. The Balaban J connectivity index is 1.25. The molecule has 0 radical (unpaired) electrons. The molecule has 0 atom stereocenters. The Morgan fingerprint density at radius 2 is 1.83 bits per heavy atom. The number of anilines is 1. The van der Waals surface area contributed by atoms with E-state index in [0.717, 1.165) is 35.7 Å². The van der Waals surface area contributed by atoms with Crippen LogP contribution in [0.3, 0.4) is 0 Å². The number of amides is 3. The second kappa shape index (κ2) is 13.4. The van der Waals surface area contributed by atoms with Gasteiger partial charge < -0.3 is 9.47 Å². The van der Waals surface area contributed by atoms with E-state index >= 15 is 0 Å². The zero-order valence-corrected chi connectivity index (χ0v) is 25.3. The van der Waals surface area contributed by atoms with Gasteiger partial charge in [-0.25, -0.2) is 24.3 Å². The predicted octanol–water partition coefficient (Wildman–Crippen LogP) is 6.28. The molecule has 3 aromatic carbocycles. The molecule has 5 rings (SSSR count). The number of nitrogens with zero attached hydrogens (tertiary/aromatic N) is 6. The van der Waals surface area contributed by atoms with Gasteiger partial charge in [0.15, 0.2) is 11.0 Å². The largest absolute Gasteiger partial charge is 0.573 e. The predicted molar refractivity (Wildman–Crippen MR) is 164 cm³/mol. The van der Waals surface area contributed by atoms with Gasteiger partial charge in [0, 0.05) is 17.2 Å². The molecular weight excluding hydrogens is 630 g/mol. The lowest BCUT2D eigenvalue weighted by molar-refractivity contribution is -0.274. The lowest BCUT2D eigenvalue weighted by atomic mass is 10.00. The van der Waals surface area contributed by atoms with Crippen LogP contribution in [0.15, 0.2) is 77.1 Å². The number of halogens is 4. The number of nitrogens with one attached hydrogen (secondary N) is 1. The van der Waals surface area contributed by atoms with E-state index in [0.29, 0.717) is 22.7 Å². The fourth-order valence-electron chi connectivity index (χ4n) is 4.37. The monoisotopic (exact) mass is 655 g/mol. The van der Waals surface area contributed by atoms with Crippen molar-refractivity contribution in [2.75, 3.05) is 17.8 Å². The highest BCUT2D eigenvalue weighted by atomic mass is 32.2. The van der Waals surface area contributed by atoms with Crippen molar-refractivity contribution in [1.82, 2.24) is 20.2 Å². The summed E-state index contributed by atoms with van der Waals surface area (Å²) in [6, 6.07) is 13.6. The molecule has 0 bridgehead atoms. The van der Waals surface area contributed by atoms with Crippen LogP contribution in [0, 0.1) is 5.82 Å². The zero-order valence-electron chi connectivity index (χ0n) is 24.4. The van der Waals surface area contributed by atoms with Crippen molar-refractivity contribution < 1.29 is 36.6 Å². The van der Waals surface area contributed by atoms with E-state index in [-0.39, 0.29) is 39.9 Å². The van der Waals surface area contributed by atoms with Crippen molar-refractivity contribution in [2.24, 2.45) is 10.1 Å². The average molecular weight is 656 g/mol. The first kappa shape index (κ1) is 32.2. The molecule has 1 fully saturated rings. The molecule has 238 valence electrons. The molecule has 2 heterocycles. The highest BCUT2D eigenvalue weighted by Crippen LogP contribution is 2.36. The number of hydrogen-bond acceptors (Lipinski definition) is 8. The summed E-state index contributed by atoms with van der Waals surface area (Å²) < 4.78 is 62.6. The lowest BCUT2D eigenvalue weighted by Crippen LogP contribution is -2.31. The normalized spacial score (nSPS) is 14.5. The molecule has 4 aromatic rings. The summed E-state index contributed by atoms with van der Waals surface area (Å²) in [5.74, 6) is -0.441. The van der Waals surface area contributed by atoms with Crippen molar-refractivity contribution in [1.29, 1.82) is 0 Å². The van der Waals surface area contributed by atoms with E-state index in [1.165, 1.54) is 53.4 Å². The first-order valence-corrected chi connectivity index (χ1v) is 14.5. The SMILES string of the molecule is COc1ccc(C(C)C)c(N2C(=O)CSC2=NC(=O)N/N=C/c2ccc(-c3ncn(-c4ccc(OC(F)(F)F)cc4)n3)cc2F)c1. The minimum absolute atomic E-state index is 0.0430. The first-order valence-electron chi connectivity index (χ1n) is 13.5. The third-order valence-corrected chi connectivity index (χ3v) is 7.44. The fraction of sp³-hybridized carbons (Fsp3) is 0.200. The summed E-state index contributed by atoms with van der Waals surface area (Å²) in [6.07, 6.45) is -2.39. The van der Waals surface area contributed by atoms with Gasteiger partial charge >= 0.3 is 12.4 Å². The molecule has 0 aliphatic carbocycles. The Bertz CT molecular complexity index is 1820. The molecular formula is C30H25F4N7O4S. The van der Waals surface area contributed by atoms with Gasteiger partial charge in [0.25, 0.3) is 0 Å². The minimum atomic E-state index is -4.81. The number of hydrogen-bond donors (Lipinski definition) is 1. The van der Waals surface area contributed by atoms with Crippen LogP contribution in [0.25, 0.3) is 17.1 Å². The van der Waals surface area contributed by atoms with E-state index in [9.17, 15) is 27.2 Å². The van der Waals surface area contributed by atoms with Gasteiger partial charge in [0.05, 0.1) is 30.5 Å². The number of carbonyl (C=O) groups excluding carboxylic acids is 2. The average Bonchev–Trinajstić information content (AvgIpc) is 3.64. The summed E-state index contributed by atoms with van der Waals surface area (Å²) in [7, 11) is 1.52. The molecule has 1 aliphatic rings. The summed E-state index contributed by atoms with van der Waals surface area (Å²) in [5, 5.41) is 8.21. The first-order chi connectivity index (χ1) is 21.9. The minimum Gasteiger partial charge on any atom is -0.497 e. The molecule has 11 nitrogen and oxygen atoms in total. The van der Waals surface area contributed by atoms with Crippen LogP contribution in [0.4, 0.5) is 28.0 Å². The van der Waals surface area contributed by atoms with Gasteiger partial charge in [-0.2, -0.15) is 10.1 Å². The van der Waals surface area contributed by atoms with Gasteiger partial charge in [-0.3, -0.25) is 9.69 Å². The van der Waals surface area contributed by atoms with E-state index in [4.69, 9.17) is 4.74 Å². The second-order valence-electron chi connectivity index (χ2n) is 9.96. The zero-order chi connectivity index (χ0) is 33.0. The molecule has 16 heteroatoms. The smallest absolute Gasteiger partial charge is 0.497 e. The van der Waals surface area contributed by atoms with E-state index in [1.807, 2.05) is 19.9 Å². The van der Waals surface area contributed by atoms with Gasteiger partial charge in [-0.05, 0) is 53.9 Å². The molecule has 0 unspecified atom stereocenters. The molecule has 46 heavy (non-hydrogen) atoms. The van der Waals surface area contributed by atoms with E-state index in [2.05, 4.69) is 30.3 Å². The standard InChI is InChI=1S/C30H25F4N7O4S/c1-17(2)23-11-10-22(44-3)13-25(23)41-26(42)15-46-29(41)37-28(43)38-36-14-19-5-4-18(12-24(19)31)27-35-16-40(39-27)20-6-8-21(9-7-20)45-30(32,33)34/h4-14,16-17H,15H2,1-3H3,(H,38,43)/b36-14+,37-29?. The molecule has 1 N–H and O–H groups in total. The van der Waals surface area contributed by atoms with Gasteiger partial charge in [0.2, 0.25) is 5.91 Å². The number of ether oxygens (including phenoxy) is 2. The van der Waals surface area contributed by atoms with Crippen molar-refractivity contribution in [2.45, 2.75) is 26.1 Å². The summed E-state index contributed by atoms with van der Waals surface area (Å²) >= 11 is 1.10. The number of alkyl halides is 3. The van der Waals surface area contributed by atoms with Gasteiger partial charge in [-0.1, -0.05) is 37.7 Å². The second-order valence-corrected chi connectivity index (χ2v) is 10.9.